The van der Waals surface area contributed by atoms with E-state index in [2.05, 4.69) is 58.2 Å². The Labute approximate surface area is 292 Å². The number of aromatic nitrogens is 3. The number of nitrogens with one attached hydrogen (secondary N) is 1. The molecule has 2 aromatic carbocycles. The number of pyridine rings is 1. The number of fused-ring (bicyclic) bond motifs is 1. The van der Waals surface area contributed by atoms with Crippen LogP contribution < -0.4 is 16.6 Å². The van der Waals surface area contributed by atoms with Crippen LogP contribution in [0, 0.1) is 5.82 Å². The van der Waals surface area contributed by atoms with Gasteiger partial charge in [0.25, 0.3) is 5.56 Å². The van der Waals surface area contributed by atoms with Crippen LogP contribution in [0.3, 0.4) is 0 Å². The van der Waals surface area contributed by atoms with E-state index in [1.165, 1.54) is 20.8 Å². The maximum atomic E-state index is 14.5. The van der Waals surface area contributed by atoms with Crippen molar-refractivity contribution in [3.05, 3.63) is 93.0 Å². The molecule has 4 aromatic rings. The molecule has 0 unspecified atom stereocenters. The number of likely N-dealkylation sites (N-methyl/N-ethyl adjacent to an activating group) is 1. The molecule has 3 aliphatic rings. The van der Waals surface area contributed by atoms with Gasteiger partial charge >= 0.3 is 5.69 Å². The van der Waals surface area contributed by atoms with Gasteiger partial charge < -0.3 is 5.32 Å². The van der Waals surface area contributed by atoms with Gasteiger partial charge in [-0.1, -0.05) is 36.4 Å². The second-order valence-electron chi connectivity index (χ2n) is 14.9. The van der Waals surface area contributed by atoms with Gasteiger partial charge in [-0.25, -0.2) is 18.7 Å². The SMILES string of the molecule is CC(C)N1CCN(Cc2ccc(-c3cccc(-n4c(=O)n([C@H]5CC[C@@H](NC(=O)C6(N(C)C)CC6)CC5)c(=O)c5cc(F)cnc54)c3)cc2)CC1. The van der Waals surface area contributed by atoms with Crippen molar-refractivity contribution in [3.8, 4) is 16.8 Å². The van der Waals surface area contributed by atoms with Crippen molar-refractivity contribution in [2.24, 2.45) is 0 Å². The van der Waals surface area contributed by atoms with Crippen molar-refractivity contribution in [2.75, 3.05) is 40.3 Å². The average Bonchev–Trinajstić information content (AvgIpc) is 3.93. The normalized spacial score (nSPS) is 21.2. The summed E-state index contributed by atoms with van der Waals surface area (Å²) in [5.74, 6) is -0.587. The lowest BCUT2D eigenvalue weighted by Gasteiger charge is -2.36. The Morgan fingerprint density at radius 2 is 1.66 bits per heavy atom. The van der Waals surface area contributed by atoms with Crippen molar-refractivity contribution in [2.45, 2.75) is 82.6 Å². The molecule has 50 heavy (non-hydrogen) atoms. The zero-order chi connectivity index (χ0) is 35.2. The van der Waals surface area contributed by atoms with Crippen molar-refractivity contribution < 1.29 is 9.18 Å². The maximum Gasteiger partial charge on any atom is 0.337 e. The Morgan fingerprint density at radius 3 is 2.30 bits per heavy atom. The number of amides is 1. The predicted octanol–water partition coefficient (Wildman–Crippen LogP) is 4.57. The van der Waals surface area contributed by atoms with Crippen LogP contribution in [0.4, 0.5) is 4.39 Å². The highest BCUT2D eigenvalue weighted by atomic mass is 19.1. The molecule has 7 rings (SSSR count). The van der Waals surface area contributed by atoms with E-state index in [9.17, 15) is 18.8 Å². The fraction of sp³-hybridized carbons (Fsp3) is 0.487. The molecule has 1 saturated heterocycles. The summed E-state index contributed by atoms with van der Waals surface area (Å²) in [6.07, 6.45) is 5.12. The zero-order valence-electron chi connectivity index (χ0n) is 29.6. The van der Waals surface area contributed by atoms with E-state index in [4.69, 9.17) is 0 Å². The number of rotatable bonds is 9. The minimum atomic E-state index is -0.636. The molecule has 0 radical (unpaired) electrons. The number of halogens is 1. The smallest absolute Gasteiger partial charge is 0.337 e. The highest BCUT2D eigenvalue weighted by Crippen LogP contribution is 2.41. The van der Waals surface area contributed by atoms with E-state index in [1.54, 1.807) is 0 Å². The average molecular weight is 682 g/mol. The number of carbonyl (C=O) groups is 1. The minimum Gasteiger partial charge on any atom is -0.352 e. The summed E-state index contributed by atoms with van der Waals surface area (Å²) in [4.78, 5) is 52.4. The molecule has 2 saturated carbocycles. The topological polar surface area (TPSA) is 95.7 Å². The highest BCUT2D eigenvalue weighted by Gasteiger charge is 2.52. The number of nitrogens with zero attached hydrogens (tertiary/aromatic N) is 6. The van der Waals surface area contributed by atoms with Crippen LogP contribution in [0.25, 0.3) is 27.8 Å². The lowest BCUT2D eigenvalue weighted by atomic mass is 9.90. The standard InChI is InChI=1S/C39H48FN7O3/c1-26(2)45-20-18-44(19-21-45)25-27-8-10-28(11-9-27)29-6-5-7-33(22-29)46-35-34(23-30(40)24-41-35)36(48)47(38(46)50)32-14-12-31(13-15-32)42-37(49)39(16-17-39)43(3)4/h5-11,22-24,26,31-32H,12-21,25H2,1-4H3,(H,42,49)/t31-,32+. The lowest BCUT2D eigenvalue weighted by Crippen LogP contribution is -2.50. The Bertz CT molecular complexity index is 1980. The number of carbonyl (C=O) groups excluding carboxylic acids is 1. The third-order valence-corrected chi connectivity index (χ3v) is 11.2. The number of piperazine rings is 1. The molecule has 0 spiro atoms. The van der Waals surface area contributed by atoms with Gasteiger partial charge in [-0.3, -0.25) is 28.9 Å². The molecule has 0 bridgehead atoms. The Kier molecular flexibility index (Phi) is 9.49. The Balaban J connectivity index is 1.14. The largest absolute Gasteiger partial charge is 0.352 e. The van der Waals surface area contributed by atoms with Crippen LogP contribution in [0.15, 0.2) is 70.4 Å². The summed E-state index contributed by atoms with van der Waals surface area (Å²) in [6.45, 7) is 9.69. The minimum absolute atomic E-state index is 0.0215. The first kappa shape index (κ1) is 34.3. The second kappa shape index (κ2) is 13.8. The molecule has 11 heteroatoms. The summed E-state index contributed by atoms with van der Waals surface area (Å²) in [6, 6.07) is 17.5. The predicted molar refractivity (Wildman–Crippen MR) is 194 cm³/mol. The van der Waals surface area contributed by atoms with E-state index in [-0.39, 0.29) is 29.0 Å². The summed E-state index contributed by atoms with van der Waals surface area (Å²) < 4.78 is 17.2. The molecule has 2 aromatic heterocycles. The lowest BCUT2D eigenvalue weighted by molar-refractivity contribution is -0.128. The molecule has 3 fully saturated rings. The summed E-state index contributed by atoms with van der Waals surface area (Å²) in [7, 11) is 3.86. The van der Waals surface area contributed by atoms with Gasteiger partial charge in [-0.05, 0) is 101 Å². The third kappa shape index (κ3) is 6.66. The van der Waals surface area contributed by atoms with Crippen molar-refractivity contribution in [1.82, 2.24) is 34.1 Å². The monoisotopic (exact) mass is 681 g/mol. The zero-order valence-corrected chi connectivity index (χ0v) is 29.6. The quantitative estimate of drug-likeness (QED) is 0.277. The van der Waals surface area contributed by atoms with Gasteiger partial charge in [0.1, 0.15) is 5.82 Å². The van der Waals surface area contributed by atoms with Gasteiger partial charge in [0, 0.05) is 50.8 Å². The van der Waals surface area contributed by atoms with E-state index < -0.39 is 22.6 Å². The highest BCUT2D eigenvalue weighted by molar-refractivity contribution is 5.89. The van der Waals surface area contributed by atoms with Crippen molar-refractivity contribution in [1.29, 1.82) is 0 Å². The Morgan fingerprint density at radius 1 is 0.960 bits per heavy atom. The first-order valence-electron chi connectivity index (χ1n) is 18.0. The van der Waals surface area contributed by atoms with Gasteiger partial charge in [-0.2, -0.15) is 0 Å². The summed E-state index contributed by atoms with van der Waals surface area (Å²) >= 11 is 0. The van der Waals surface area contributed by atoms with E-state index in [0.29, 0.717) is 37.4 Å². The van der Waals surface area contributed by atoms with Gasteiger partial charge in [0.05, 0.1) is 22.8 Å². The van der Waals surface area contributed by atoms with Crippen molar-refractivity contribution in [3.63, 3.8) is 0 Å². The fourth-order valence-corrected chi connectivity index (χ4v) is 7.85. The Hall–Kier alpha value is -4.19. The molecular weight excluding hydrogens is 633 g/mol. The molecule has 1 amide bonds. The molecule has 2 aliphatic carbocycles. The molecule has 264 valence electrons. The van der Waals surface area contributed by atoms with Crippen LogP contribution in [0.5, 0.6) is 0 Å². The van der Waals surface area contributed by atoms with Crippen LogP contribution in [0.1, 0.15) is 64.0 Å². The third-order valence-electron chi connectivity index (χ3n) is 11.2. The maximum absolute atomic E-state index is 14.5. The summed E-state index contributed by atoms with van der Waals surface area (Å²) in [5, 5.41) is 3.28. The van der Waals surface area contributed by atoms with Crippen LogP contribution >= 0.6 is 0 Å². The number of benzene rings is 2. The first-order chi connectivity index (χ1) is 24.0. The molecule has 10 nitrogen and oxygen atoms in total. The van der Waals surface area contributed by atoms with E-state index in [0.717, 1.165) is 62.9 Å². The molecule has 1 aliphatic heterocycles. The van der Waals surface area contributed by atoms with E-state index in [1.807, 2.05) is 43.3 Å². The van der Waals surface area contributed by atoms with Gasteiger partial charge in [-0.15, -0.1) is 0 Å². The van der Waals surface area contributed by atoms with Crippen LogP contribution in [0.2, 0.25) is 0 Å². The number of hydrogen-bond donors (Lipinski definition) is 1. The second-order valence-corrected chi connectivity index (χ2v) is 14.9. The summed E-state index contributed by atoms with van der Waals surface area (Å²) in [5.41, 5.74) is 2.40. The molecule has 0 atom stereocenters. The fourth-order valence-electron chi connectivity index (χ4n) is 7.85. The van der Waals surface area contributed by atoms with E-state index >= 15 is 0 Å². The van der Waals surface area contributed by atoms with Crippen LogP contribution in [-0.2, 0) is 11.3 Å². The first-order valence-corrected chi connectivity index (χ1v) is 18.0. The van der Waals surface area contributed by atoms with Crippen molar-refractivity contribution >= 4 is 16.9 Å². The molecule has 1 N–H and O–H groups in total. The van der Waals surface area contributed by atoms with Crippen LogP contribution in [-0.4, -0.2) is 92.6 Å². The number of hydrogen-bond acceptors (Lipinski definition) is 7. The molecular formula is C39H48FN7O3. The van der Waals surface area contributed by atoms with Gasteiger partial charge in [0.2, 0.25) is 5.91 Å². The molecule has 3 heterocycles. The van der Waals surface area contributed by atoms with Gasteiger partial charge in [0.15, 0.2) is 5.65 Å².